The summed E-state index contributed by atoms with van der Waals surface area (Å²) in [6.45, 7) is 1.52. The van der Waals surface area contributed by atoms with Crippen molar-refractivity contribution in [1.29, 1.82) is 0 Å². The fourth-order valence-corrected chi connectivity index (χ4v) is 1.95. The van der Waals surface area contributed by atoms with Crippen LogP contribution in [0.2, 0.25) is 0 Å². The van der Waals surface area contributed by atoms with Crippen LogP contribution in [0.5, 0.6) is 0 Å². The zero-order valence-corrected chi connectivity index (χ0v) is 8.44. The van der Waals surface area contributed by atoms with Crippen molar-refractivity contribution in [1.82, 2.24) is 5.01 Å². The summed E-state index contributed by atoms with van der Waals surface area (Å²) in [4.78, 5) is 0. The summed E-state index contributed by atoms with van der Waals surface area (Å²) in [5.74, 6) is 5.93. The van der Waals surface area contributed by atoms with Gasteiger partial charge in [-0.2, -0.15) is 0 Å². The molecule has 0 fully saturated rings. The summed E-state index contributed by atoms with van der Waals surface area (Å²) in [7, 11) is 1.72. The monoisotopic (exact) mass is 192 g/mol. The molecule has 0 aromatic heterocycles. The normalized spacial score (nSPS) is 22.0. The number of nitrogens with two attached hydrogens (primary N) is 1. The minimum Gasteiger partial charge on any atom is -0.383 e. The molecule has 1 aliphatic rings. The van der Waals surface area contributed by atoms with Gasteiger partial charge in [-0.05, 0) is 17.5 Å². The first kappa shape index (κ1) is 9.65. The van der Waals surface area contributed by atoms with Crippen molar-refractivity contribution < 1.29 is 4.74 Å². The molecule has 76 valence electrons. The molecule has 3 heteroatoms. The molecule has 2 rings (SSSR count). The Kier molecular flexibility index (Phi) is 2.82. The van der Waals surface area contributed by atoms with E-state index in [0.29, 0.717) is 12.6 Å². The third-order valence-corrected chi connectivity index (χ3v) is 2.75. The summed E-state index contributed by atoms with van der Waals surface area (Å²) >= 11 is 0. The molecule has 3 nitrogen and oxygen atoms in total. The van der Waals surface area contributed by atoms with Crippen LogP contribution >= 0.6 is 0 Å². The summed E-state index contributed by atoms with van der Waals surface area (Å²) in [5.41, 5.74) is 2.73. The number of hydrazine groups is 1. The highest BCUT2D eigenvalue weighted by Gasteiger charge is 2.22. The molecular formula is C11H16N2O. The first-order valence-electron chi connectivity index (χ1n) is 4.88. The van der Waals surface area contributed by atoms with Gasteiger partial charge in [0.05, 0.1) is 12.6 Å². The zero-order chi connectivity index (χ0) is 9.97. The van der Waals surface area contributed by atoms with Gasteiger partial charge in [0.15, 0.2) is 0 Å². The molecule has 1 atom stereocenters. The van der Waals surface area contributed by atoms with Crippen LogP contribution < -0.4 is 5.84 Å². The second-order valence-electron chi connectivity index (χ2n) is 3.75. The van der Waals surface area contributed by atoms with Gasteiger partial charge in [0.25, 0.3) is 0 Å². The number of nitrogens with zero attached hydrogens (tertiary/aromatic N) is 1. The van der Waals surface area contributed by atoms with Crippen LogP contribution in [0.1, 0.15) is 11.1 Å². The van der Waals surface area contributed by atoms with Crippen molar-refractivity contribution in [2.45, 2.75) is 19.0 Å². The molecule has 1 aliphatic heterocycles. The minimum absolute atomic E-state index is 0.315. The summed E-state index contributed by atoms with van der Waals surface area (Å²) < 4.78 is 5.15. The zero-order valence-electron chi connectivity index (χ0n) is 8.44. The third-order valence-electron chi connectivity index (χ3n) is 2.75. The van der Waals surface area contributed by atoms with E-state index in [-0.39, 0.29) is 0 Å². The molecule has 0 unspecified atom stereocenters. The Morgan fingerprint density at radius 1 is 1.43 bits per heavy atom. The fourth-order valence-electron chi connectivity index (χ4n) is 1.95. The number of fused-ring (bicyclic) bond motifs is 1. The predicted octanol–water partition coefficient (Wildman–Crippen LogP) is 0.933. The Balaban J connectivity index is 2.18. The number of rotatable bonds is 2. The molecule has 1 aromatic rings. The van der Waals surface area contributed by atoms with Gasteiger partial charge in [0.1, 0.15) is 0 Å². The van der Waals surface area contributed by atoms with Gasteiger partial charge in [0.2, 0.25) is 0 Å². The molecule has 2 N–H and O–H groups in total. The molecule has 1 aromatic carbocycles. The first-order chi connectivity index (χ1) is 6.81. The topological polar surface area (TPSA) is 38.5 Å². The molecule has 0 saturated carbocycles. The largest absolute Gasteiger partial charge is 0.383 e. The lowest BCUT2D eigenvalue weighted by molar-refractivity contribution is 0.0777. The van der Waals surface area contributed by atoms with Crippen molar-refractivity contribution in [2.24, 2.45) is 5.84 Å². The van der Waals surface area contributed by atoms with E-state index in [1.165, 1.54) is 11.1 Å². The van der Waals surface area contributed by atoms with Crippen LogP contribution in [-0.2, 0) is 17.7 Å². The Morgan fingerprint density at radius 2 is 2.14 bits per heavy atom. The van der Waals surface area contributed by atoms with E-state index in [0.717, 1.165) is 13.0 Å². The number of ether oxygens (including phenoxy) is 1. The van der Waals surface area contributed by atoms with Crippen molar-refractivity contribution >= 4 is 0 Å². The maximum Gasteiger partial charge on any atom is 0.0635 e. The van der Waals surface area contributed by atoms with Crippen LogP contribution in [0.15, 0.2) is 24.3 Å². The Labute approximate surface area is 84.4 Å². The molecule has 0 radical (unpaired) electrons. The molecule has 0 bridgehead atoms. The maximum atomic E-state index is 5.93. The molecular weight excluding hydrogens is 176 g/mol. The lowest BCUT2D eigenvalue weighted by atomic mass is 9.96. The second kappa shape index (κ2) is 4.09. The molecule has 0 aliphatic carbocycles. The quantitative estimate of drug-likeness (QED) is 0.708. The maximum absolute atomic E-state index is 5.93. The lowest BCUT2D eigenvalue weighted by Gasteiger charge is -2.32. The average Bonchev–Trinajstić information content (AvgIpc) is 2.19. The van der Waals surface area contributed by atoms with Crippen LogP contribution in [-0.4, -0.2) is 24.8 Å². The van der Waals surface area contributed by atoms with Crippen molar-refractivity contribution in [2.75, 3.05) is 13.7 Å². The molecule has 14 heavy (non-hydrogen) atoms. The van der Waals surface area contributed by atoms with E-state index < -0.39 is 0 Å². The number of benzene rings is 1. The highest BCUT2D eigenvalue weighted by molar-refractivity contribution is 5.29. The average molecular weight is 192 g/mol. The van der Waals surface area contributed by atoms with Gasteiger partial charge in [-0.1, -0.05) is 24.3 Å². The fraction of sp³-hybridized carbons (Fsp3) is 0.455. The standard InChI is InChI=1S/C11H16N2O/c1-14-8-11-6-9-4-2-3-5-10(9)7-13(11)12/h2-5,11H,6-8,12H2,1H3/t11-/m1/s1. The Bertz CT molecular complexity index is 314. The van der Waals surface area contributed by atoms with Crippen molar-refractivity contribution in [3.63, 3.8) is 0 Å². The highest BCUT2D eigenvalue weighted by atomic mass is 16.5. The van der Waals surface area contributed by atoms with Gasteiger partial charge in [-0.3, -0.25) is 5.84 Å². The number of hydrogen-bond donors (Lipinski definition) is 1. The lowest BCUT2D eigenvalue weighted by Crippen LogP contribution is -2.47. The molecule has 0 spiro atoms. The van der Waals surface area contributed by atoms with Crippen LogP contribution in [0.4, 0.5) is 0 Å². The van der Waals surface area contributed by atoms with E-state index in [9.17, 15) is 0 Å². The second-order valence-corrected chi connectivity index (χ2v) is 3.75. The number of methoxy groups -OCH3 is 1. The van der Waals surface area contributed by atoms with Crippen LogP contribution in [0.25, 0.3) is 0 Å². The Hall–Kier alpha value is -0.900. The molecule has 0 amide bonds. The van der Waals surface area contributed by atoms with Gasteiger partial charge in [-0.25, -0.2) is 5.01 Å². The van der Waals surface area contributed by atoms with E-state index in [2.05, 4.69) is 24.3 Å². The SMILES string of the molecule is COC[C@H]1Cc2ccccc2CN1N. The van der Waals surface area contributed by atoms with Crippen molar-refractivity contribution in [3.05, 3.63) is 35.4 Å². The van der Waals surface area contributed by atoms with Crippen LogP contribution in [0, 0.1) is 0 Å². The molecule has 1 heterocycles. The van der Waals surface area contributed by atoms with Crippen molar-refractivity contribution in [3.8, 4) is 0 Å². The Morgan fingerprint density at radius 3 is 2.86 bits per heavy atom. The van der Waals surface area contributed by atoms with Gasteiger partial charge in [0, 0.05) is 13.7 Å². The molecule has 0 saturated heterocycles. The smallest absolute Gasteiger partial charge is 0.0635 e. The van der Waals surface area contributed by atoms with Gasteiger partial charge < -0.3 is 4.74 Å². The number of hydrogen-bond acceptors (Lipinski definition) is 3. The van der Waals surface area contributed by atoms with Crippen LogP contribution in [0.3, 0.4) is 0 Å². The van der Waals surface area contributed by atoms with E-state index in [1.54, 1.807) is 7.11 Å². The van der Waals surface area contributed by atoms with E-state index in [1.807, 2.05) is 5.01 Å². The van der Waals surface area contributed by atoms with E-state index >= 15 is 0 Å². The predicted molar refractivity (Wildman–Crippen MR) is 55.5 cm³/mol. The van der Waals surface area contributed by atoms with Gasteiger partial charge in [-0.15, -0.1) is 0 Å². The third kappa shape index (κ3) is 1.80. The highest BCUT2D eigenvalue weighted by Crippen LogP contribution is 2.20. The first-order valence-corrected chi connectivity index (χ1v) is 4.88. The summed E-state index contributed by atoms with van der Waals surface area (Å²) in [5, 5.41) is 1.87. The summed E-state index contributed by atoms with van der Waals surface area (Å²) in [6.07, 6.45) is 0.987. The summed E-state index contributed by atoms with van der Waals surface area (Å²) in [6, 6.07) is 8.76. The van der Waals surface area contributed by atoms with E-state index in [4.69, 9.17) is 10.6 Å². The van der Waals surface area contributed by atoms with Gasteiger partial charge >= 0.3 is 0 Å². The minimum atomic E-state index is 0.315.